The van der Waals surface area contributed by atoms with E-state index < -0.39 is 6.04 Å². The van der Waals surface area contributed by atoms with E-state index in [4.69, 9.17) is 11.6 Å². The first-order valence-electron chi connectivity index (χ1n) is 9.06. The van der Waals surface area contributed by atoms with Gasteiger partial charge in [0.05, 0.1) is 0 Å². The molecule has 3 aromatic rings. The van der Waals surface area contributed by atoms with Crippen LogP contribution >= 0.6 is 11.6 Å². The average Bonchev–Trinajstić information content (AvgIpc) is 2.69. The second-order valence-corrected chi connectivity index (χ2v) is 6.83. The molecule has 7 heteroatoms. The predicted octanol–water partition coefficient (Wildman–Crippen LogP) is 5.42. The van der Waals surface area contributed by atoms with Crippen LogP contribution in [0.4, 0.5) is 27.5 Å². The van der Waals surface area contributed by atoms with Gasteiger partial charge in [-0.2, -0.15) is 0 Å². The Labute approximate surface area is 174 Å². The van der Waals surface area contributed by atoms with Gasteiger partial charge in [0.1, 0.15) is 6.04 Å². The molecule has 0 aliphatic heterocycles. The van der Waals surface area contributed by atoms with Gasteiger partial charge in [0, 0.05) is 27.8 Å². The lowest BCUT2D eigenvalue weighted by atomic mass is 10.2. The van der Waals surface area contributed by atoms with Crippen LogP contribution in [0.3, 0.4) is 0 Å². The zero-order chi connectivity index (χ0) is 20.6. The summed E-state index contributed by atoms with van der Waals surface area (Å²) in [6, 6.07) is 22.4. The number of hydrogen-bond acceptors (Lipinski definition) is 3. The Morgan fingerprint density at radius 3 is 2.03 bits per heavy atom. The van der Waals surface area contributed by atoms with E-state index in [-0.39, 0.29) is 11.9 Å². The Hall–Kier alpha value is -3.51. The lowest BCUT2D eigenvalue weighted by molar-refractivity contribution is -0.116. The average molecular weight is 409 g/mol. The monoisotopic (exact) mass is 408 g/mol. The van der Waals surface area contributed by atoms with E-state index in [0.29, 0.717) is 27.8 Å². The van der Waals surface area contributed by atoms with Crippen molar-refractivity contribution in [2.75, 3.05) is 21.3 Å². The number of rotatable bonds is 6. The van der Waals surface area contributed by atoms with Crippen molar-refractivity contribution in [2.24, 2.45) is 0 Å². The van der Waals surface area contributed by atoms with E-state index >= 15 is 0 Å². The second kappa shape index (κ2) is 9.61. The maximum atomic E-state index is 12.4. The van der Waals surface area contributed by atoms with Gasteiger partial charge in [0.25, 0.3) is 0 Å². The summed E-state index contributed by atoms with van der Waals surface area (Å²) < 4.78 is 0. The third-order valence-electron chi connectivity index (χ3n) is 4.02. The summed E-state index contributed by atoms with van der Waals surface area (Å²) in [6.45, 7) is 1.75. The van der Waals surface area contributed by atoms with Gasteiger partial charge in [0.2, 0.25) is 5.91 Å². The van der Waals surface area contributed by atoms with Gasteiger partial charge in [-0.15, -0.1) is 0 Å². The van der Waals surface area contributed by atoms with Crippen molar-refractivity contribution in [1.82, 2.24) is 0 Å². The standard InChI is InChI=1S/C22H21ClN4O2/c1-15(21(28)25-18-10-5-7-16(23)13-18)24-19-11-6-12-20(14-19)27-22(29)26-17-8-3-2-4-9-17/h2-15,24H,1H3,(H,25,28)(H2,26,27,29). The molecular formula is C22H21ClN4O2. The number of amides is 3. The number of carbonyl (C=O) groups is 2. The molecule has 29 heavy (non-hydrogen) atoms. The molecule has 0 aliphatic rings. The molecular weight excluding hydrogens is 388 g/mol. The largest absolute Gasteiger partial charge is 0.374 e. The van der Waals surface area contributed by atoms with Crippen molar-refractivity contribution in [3.8, 4) is 0 Å². The van der Waals surface area contributed by atoms with Crippen LogP contribution in [0.2, 0.25) is 5.02 Å². The quantitative estimate of drug-likeness (QED) is 0.439. The van der Waals surface area contributed by atoms with Crippen molar-refractivity contribution in [2.45, 2.75) is 13.0 Å². The van der Waals surface area contributed by atoms with E-state index in [1.165, 1.54) is 0 Å². The first-order valence-corrected chi connectivity index (χ1v) is 9.43. The maximum absolute atomic E-state index is 12.4. The number of halogens is 1. The third-order valence-corrected chi connectivity index (χ3v) is 4.26. The van der Waals surface area contributed by atoms with Crippen LogP contribution in [-0.2, 0) is 4.79 Å². The van der Waals surface area contributed by atoms with Crippen LogP contribution in [0.1, 0.15) is 6.92 Å². The summed E-state index contributed by atoms with van der Waals surface area (Å²) >= 11 is 5.94. The Morgan fingerprint density at radius 1 is 0.724 bits per heavy atom. The smallest absolute Gasteiger partial charge is 0.323 e. The Bertz CT molecular complexity index is 995. The predicted molar refractivity (Wildman–Crippen MR) is 119 cm³/mol. The maximum Gasteiger partial charge on any atom is 0.323 e. The van der Waals surface area contributed by atoms with Crippen LogP contribution < -0.4 is 21.3 Å². The topological polar surface area (TPSA) is 82.3 Å². The molecule has 4 N–H and O–H groups in total. The number of para-hydroxylation sites is 1. The third kappa shape index (κ3) is 6.26. The zero-order valence-corrected chi connectivity index (χ0v) is 16.5. The highest BCUT2D eigenvalue weighted by Crippen LogP contribution is 2.18. The minimum absolute atomic E-state index is 0.201. The molecule has 6 nitrogen and oxygen atoms in total. The van der Waals surface area contributed by atoms with Gasteiger partial charge in [-0.3, -0.25) is 4.79 Å². The lowest BCUT2D eigenvalue weighted by Gasteiger charge is -2.16. The van der Waals surface area contributed by atoms with Crippen molar-refractivity contribution in [3.63, 3.8) is 0 Å². The Kier molecular flexibility index (Phi) is 6.71. The fraction of sp³-hybridized carbons (Fsp3) is 0.0909. The molecule has 0 bridgehead atoms. The zero-order valence-electron chi connectivity index (χ0n) is 15.8. The fourth-order valence-corrected chi connectivity index (χ4v) is 2.82. The summed E-state index contributed by atoms with van der Waals surface area (Å²) in [5, 5.41) is 12.0. The highest BCUT2D eigenvalue weighted by Gasteiger charge is 2.13. The van der Waals surface area contributed by atoms with Crippen molar-refractivity contribution in [1.29, 1.82) is 0 Å². The molecule has 0 heterocycles. The highest BCUT2D eigenvalue weighted by molar-refractivity contribution is 6.30. The van der Waals surface area contributed by atoms with Gasteiger partial charge >= 0.3 is 6.03 Å². The highest BCUT2D eigenvalue weighted by atomic mass is 35.5. The molecule has 0 radical (unpaired) electrons. The van der Waals surface area contributed by atoms with Crippen molar-refractivity contribution < 1.29 is 9.59 Å². The molecule has 3 aromatic carbocycles. The summed E-state index contributed by atoms with van der Waals surface area (Å²) in [5.41, 5.74) is 2.64. The van der Waals surface area contributed by atoms with Crippen LogP contribution in [0.5, 0.6) is 0 Å². The molecule has 0 fully saturated rings. The first kappa shape index (κ1) is 20.2. The number of carbonyl (C=O) groups excluding carboxylic acids is 2. The summed E-state index contributed by atoms with van der Waals surface area (Å²) in [4.78, 5) is 24.5. The molecule has 0 saturated heterocycles. The van der Waals surface area contributed by atoms with Gasteiger partial charge in [-0.1, -0.05) is 41.9 Å². The summed E-state index contributed by atoms with van der Waals surface area (Å²) in [7, 11) is 0. The van der Waals surface area contributed by atoms with E-state index in [1.54, 1.807) is 61.5 Å². The van der Waals surface area contributed by atoms with Crippen molar-refractivity contribution >= 4 is 46.3 Å². The molecule has 1 atom stereocenters. The number of hydrogen-bond donors (Lipinski definition) is 4. The molecule has 3 rings (SSSR count). The van der Waals surface area contributed by atoms with Gasteiger partial charge in [-0.05, 0) is 55.5 Å². The van der Waals surface area contributed by atoms with Crippen LogP contribution in [0.25, 0.3) is 0 Å². The molecule has 0 aliphatic carbocycles. The number of anilines is 4. The van der Waals surface area contributed by atoms with Gasteiger partial charge in [-0.25, -0.2) is 4.79 Å². The summed E-state index contributed by atoms with van der Waals surface area (Å²) in [6.07, 6.45) is 0. The Balaban J connectivity index is 1.57. The molecule has 0 spiro atoms. The molecule has 1 unspecified atom stereocenters. The number of benzene rings is 3. The molecule has 148 valence electrons. The van der Waals surface area contributed by atoms with E-state index in [2.05, 4.69) is 21.3 Å². The van der Waals surface area contributed by atoms with Gasteiger partial charge < -0.3 is 21.3 Å². The van der Waals surface area contributed by atoms with E-state index in [9.17, 15) is 9.59 Å². The molecule has 3 amide bonds. The van der Waals surface area contributed by atoms with Gasteiger partial charge in [0.15, 0.2) is 0 Å². The van der Waals surface area contributed by atoms with Crippen LogP contribution in [0.15, 0.2) is 78.9 Å². The Morgan fingerprint density at radius 2 is 1.31 bits per heavy atom. The second-order valence-electron chi connectivity index (χ2n) is 6.39. The minimum Gasteiger partial charge on any atom is -0.374 e. The van der Waals surface area contributed by atoms with E-state index in [0.717, 1.165) is 0 Å². The summed E-state index contributed by atoms with van der Waals surface area (Å²) in [5.74, 6) is -0.201. The lowest BCUT2D eigenvalue weighted by Crippen LogP contribution is -2.31. The number of nitrogens with one attached hydrogen (secondary N) is 4. The SMILES string of the molecule is CC(Nc1cccc(NC(=O)Nc2ccccc2)c1)C(=O)Nc1cccc(Cl)c1. The fourth-order valence-electron chi connectivity index (χ4n) is 2.63. The van der Waals surface area contributed by atoms with Crippen molar-refractivity contribution in [3.05, 3.63) is 83.9 Å². The normalized spacial score (nSPS) is 11.2. The van der Waals surface area contributed by atoms with E-state index in [1.807, 2.05) is 24.3 Å². The van der Waals surface area contributed by atoms with Crippen LogP contribution in [-0.4, -0.2) is 18.0 Å². The molecule has 0 aromatic heterocycles. The minimum atomic E-state index is -0.498. The van der Waals surface area contributed by atoms with Crippen LogP contribution in [0, 0.1) is 0 Å². The first-order chi connectivity index (χ1) is 14.0. The molecule has 0 saturated carbocycles. The number of urea groups is 1.